The van der Waals surface area contributed by atoms with Crippen LogP contribution in [0, 0.1) is 0 Å². The largest absolute Gasteiger partial charge is 0.378 e. The Morgan fingerprint density at radius 1 is 0.939 bits per heavy atom. The van der Waals surface area contributed by atoms with E-state index in [1.807, 2.05) is 35.9 Å². The number of H-pyrrole nitrogens is 1. The van der Waals surface area contributed by atoms with Crippen LogP contribution in [0.5, 0.6) is 0 Å². The van der Waals surface area contributed by atoms with Crippen molar-refractivity contribution >= 4 is 22.9 Å². The Morgan fingerprint density at radius 3 is 2.55 bits per heavy atom. The van der Waals surface area contributed by atoms with Gasteiger partial charge in [0.25, 0.3) is 0 Å². The molecular weight excluding hydrogens is 420 g/mol. The molecular formula is C23H26N8O2. The second-order valence-electron chi connectivity index (χ2n) is 8.30. The second-order valence-corrected chi connectivity index (χ2v) is 8.30. The molecule has 4 aromatic rings. The van der Waals surface area contributed by atoms with Gasteiger partial charge in [0.2, 0.25) is 5.95 Å². The lowest BCUT2D eigenvalue weighted by molar-refractivity contribution is 0.0392. The summed E-state index contributed by atoms with van der Waals surface area (Å²) in [5, 5.41) is 7.10. The van der Waals surface area contributed by atoms with Gasteiger partial charge in [-0.25, -0.2) is 4.98 Å². The number of hydrogen-bond donors (Lipinski definition) is 1. The number of rotatable bonds is 4. The Bertz CT molecular complexity index is 1230. The van der Waals surface area contributed by atoms with Crippen LogP contribution >= 0.6 is 0 Å². The molecule has 33 heavy (non-hydrogen) atoms. The Hall–Kier alpha value is -3.50. The van der Waals surface area contributed by atoms with Crippen LogP contribution in [0.3, 0.4) is 0 Å². The average molecular weight is 447 g/mol. The fourth-order valence-corrected chi connectivity index (χ4v) is 4.49. The van der Waals surface area contributed by atoms with Gasteiger partial charge in [-0.15, -0.1) is 0 Å². The van der Waals surface area contributed by atoms with Gasteiger partial charge in [-0.2, -0.15) is 15.1 Å². The first kappa shape index (κ1) is 20.1. The minimum absolute atomic E-state index is 0.0156. The first-order chi connectivity index (χ1) is 16.3. The third-order valence-electron chi connectivity index (χ3n) is 6.26. The lowest BCUT2D eigenvalue weighted by atomic mass is 10.1. The summed E-state index contributed by atoms with van der Waals surface area (Å²) >= 11 is 0. The summed E-state index contributed by atoms with van der Waals surface area (Å²) in [6.45, 7) is 4.96. The molecule has 2 saturated heterocycles. The normalized spacial score (nSPS) is 19.4. The van der Waals surface area contributed by atoms with E-state index >= 15 is 0 Å². The Labute approximate surface area is 191 Å². The summed E-state index contributed by atoms with van der Waals surface area (Å²) in [7, 11) is 1.98. The SMILES string of the molecule is Cn1c(-c2ccn[nH]2)nc2c(N3CCOCC3)nc(N3CCOC(c4ccccc4)C3)nc21. The Kier molecular flexibility index (Phi) is 5.16. The van der Waals surface area contributed by atoms with Crippen molar-refractivity contribution in [1.29, 1.82) is 0 Å². The lowest BCUT2D eigenvalue weighted by Crippen LogP contribution is -2.40. The van der Waals surface area contributed by atoms with E-state index in [-0.39, 0.29) is 6.10 Å². The summed E-state index contributed by atoms with van der Waals surface area (Å²) in [6, 6.07) is 12.2. The fraction of sp³-hybridized carbons (Fsp3) is 0.391. The summed E-state index contributed by atoms with van der Waals surface area (Å²) in [5.74, 6) is 2.34. The molecule has 0 aliphatic carbocycles. The van der Waals surface area contributed by atoms with Crippen LogP contribution < -0.4 is 9.80 Å². The van der Waals surface area contributed by atoms with E-state index in [9.17, 15) is 0 Å². The second kappa shape index (κ2) is 8.45. The van der Waals surface area contributed by atoms with Crippen LogP contribution in [-0.4, -0.2) is 75.7 Å². The smallest absolute Gasteiger partial charge is 0.229 e. The Morgan fingerprint density at radius 2 is 1.76 bits per heavy atom. The van der Waals surface area contributed by atoms with E-state index in [2.05, 4.69) is 32.1 Å². The number of aromatic nitrogens is 6. The van der Waals surface area contributed by atoms with Crippen LogP contribution in [0.1, 0.15) is 11.7 Å². The fourth-order valence-electron chi connectivity index (χ4n) is 4.49. The van der Waals surface area contributed by atoms with E-state index < -0.39 is 0 Å². The van der Waals surface area contributed by atoms with Gasteiger partial charge in [-0.1, -0.05) is 30.3 Å². The Balaban J connectivity index is 1.43. The molecule has 10 nitrogen and oxygen atoms in total. The highest BCUT2D eigenvalue weighted by Gasteiger charge is 2.28. The molecule has 170 valence electrons. The van der Waals surface area contributed by atoms with E-state index in [1.165, 1.54) is 5.56 Å². The van der Waals surface area contributed by atoms with Crippen LogP contribution in [-0.2, 0) is 16.5 Å². The molecule has 1 N–H and O–H groups in total. The van der Waals surface area contributed by atoms with Crippen molar-refractivity contribution in [2.24, 2.45) is 7.05 Å². The predicted octanol–water partition coefficient (Wildman–Crippen LogP) is 2.17. The van der Waals surface area contributed by atoms with Crippen LogP contribution in [0.25, 0.3) is 22.7 Å². The molecule has 0 bridgehead atoms. The van der Waals surface area contributed by atoms with Gasteiger partial charge in [0, 0.05) is 32.9 Å². The van der Waals surface area contributed by atoms with E-state index in [4.69, 9.17) is 24.4 Å². The van der Waals surface area contributed by atoms with Crippen molar-refractivity contribution in [2.45, 2.75) is 6.10 Å². The molecule has 2 fully saturated rings. The molecule has 0 radical (unpaired) electrons. The molecule has 5 heterocycles. The summed E-state index contributed by atoms with van der Waals surface area (Å²) in [6.07, 6.45) is 1.71. The average Bonchev–Trinajstić information content (AvgIpc) is 3.53. The number of ether oxygens (including phenoxy) is 2. The molecule has 0 amide bonds. The minimum atomic E-state index is -0.0156. The van der Waals surface area contributed by atoms with Gasteiger partial charge in [-0.05, 0) is 11.6 Å². The van der Waals surface area contributed by atoms with E-state index in [1.54, 1.807) is 6.20 Å². The highest BCUT2D eigenvalue weighted by molar-refractivity contribution is 5.88. The van der Waals surface area contributed by atoms with Gasteiger partial charge in [-0.3, -0.25) is 5.10 Å². The minimum Gasteiger partial charge on any atom is -0.378 e. The molecule has 0 saturated carbocycles. The maximum Gasteiger partial charge on any atom is 0.229 e. The molecule has 0 spiro atoms. The van der Waals surface area contributed by atoms with Crippen molar-refractivity contribution in [3.05, 3.63) is 48.2 Å². The number of nitrogens with one attached hydrogen (secondary N) is 1. The maximum atomic E-state index is 6.07. The molecule has 1 atom stereocenters. The predicted molar refractivity (Wildman–Crippen MR) is 124 cm³/mol. The topological polar surface area (TPSA) is 97.2 Å². The third kappa shape index (κ3) is 3.70. The van der Waals surface area contributed by atoms with E-state index in [0.717, 1.165) is 48.1 Å². The van der Waals surface area contributed by atoms with Crippen molar-refractivity contribution in [2.75, 3.05) is 55.8 Å². The monoisotopic (exact) mass is 446 g/mol. The molecule has 1 unspecified atom stereocenters. The van der Waals surface area contributed by atoms with Crippen molar-refractivity contribution in [1.82, 2.24) is 29.7 Å². The highest BCUT2D eigenvalue weighted by Crippen LogP contribution is 2.32. The summed E-state index contributed by atoms with van der Waals surface area (Å²) in [5.41, 5.74) is 3.61. The highest BCUT2D eigenvalue weighted by atomic mass is 16.5. The van der Waals surface area contributed by atoms with Gasteiger partial charge in [0.1, 0.15) is 11.8 Å². The van der Waals surface area contributed by atoms with Crippen molar-refractivity contribution in [3.63, 3.8) is 0 Å². The number of imidazole rings is 1. The van der Waals surface area contributed by atoms with E-state index in [0.29, 0.717) is 32.3 Å². The lowest BCUT2D eigenvalue weighted by Gasteiger charge is -2.34. The standard InChI is InChI=1S/C23H26N8O2/c1-29-20(17-7-8-24-28-17)25-19-21(29)26-23(27-22(19)30-9-12-32-13-10-30)31-11-14-33-18(15-31)16-5-3-2-4-6-16/h2-8,18H,9-15H2,1H3,(H,24,28). The molecule has 3 aromatic heterocycles. The zero-order valence-corrected chi connectivity index (χ0v) is 18.5. The van der Waals surface area contributed by atoms with Crippen LogP contribution in [0.2, 0.25) is 0 Å². The number of anilines is 2. The molecule has 6 rings (SSSR count). The quantitative estimate of drug-likeness (QED) is 0.509. The number of morpholine rings is 2. The zero-order valence-electron chi connectivity index (χ0n) is 18.5. The number of fused-ring (bicyclic) bond motifs is 1. The molecule has 1 aromatic carbocycles. The summed E-state index contributed by atoms with van der Waals surface area (Å²) in [4.78, 5) is 19.4. The first-order valence-corrected chi connectivity index (χ1v) is 11.3. The maximum absolute atomic E-state index is 6.07. The van der Waals surface area contributed by atoms with Crippen molar-refractivity contribution < 1.29 is 9.47 Å². The molecule has 2 aliphatic rings. The number of benzene rings is 1. The number of nitrogens with zero attached hydrogens (tertiary/aromatic N) is 7. The van der Waals surface area contributed by atoms with Gasteiger partial charge < -0.3 is 23.8 Å². The third-order valence-corrected chi connectivity index (χ3v) is 6.26. The molecule has 2 aliphatic heterocycles. The van der Waals surface area contributed by atoms with Crippen LogP contribution in [0.4, 0.5) is 11.8 Å². The number of aromatic amines is 1. The summed E-state index contributed by atoms with van der Waals surface area (Å²) < 4.78 is 13.7. The van der Waals surface area contributed by atoms with Crippen LogP contribution in [0.15, 0.2) is 42.6 Å². The number of hydrogen-bond acceptors (Lipinski definition) is 8. The first-order valence-electron chi connectivity index (χ1n) is 11.3. The van der Waals surface area contributed by atoms with Gasteiger partial charge in [0.15, 0.2) is 22.8 Å². The van der Waals surface area contributed by atoms with Gasteiger partial charge in [0.05, 0.1) is 26.4 Å². The van der Waals surface area contributed by atoms with Gasteiger partial charge >= 0.3 is 0 Å². The number of aryl methyl sites for hydroxylation is 1. The molecule has 10 heteroatoms. The zero-order chi connectivity index (χ0) is 22.2. The van der Waals surface area contributed by atoms with Crippen molar-refractivity contribution in [3.8, 4) is 11.5 Å².